The molecule has 0 aliphatic rings. The molecular weight excluding hydrogens is 330 g/mol. The number of nitrogens with one attached hydrogen (secondary N) is 1. The molecule has 0 radical (unpaired) electrons. The van der Waals surface area contributed by atoms with Gasteiger partial charge in [0.15, 0.2) is 0 Å². The fourth-order valence-corrected chi connectivity index (χ4v) is 2.70. The Morgan fingerprint density at radius 1 is 1.15 bits per heavy atom. The second kappa shape index (κ2) is 9.56. The molecule has 0 aliphatic heterocycles. The van der Waals surface area contributed by atoms with Gasteiger partial charge in [-0.25, -0.2) is 4.79 Å². The summed E-state index contributed by atoms with van der Waals surface area (Å²) in [5, 5.41) is 12.0. The largest absolute Gasteiger partial charge is 0.480 e. The number of carbonyl (C=O) groups is 2. The Kier molecular flexibility index (Phi) is 7.14. The molecule has 138 valence electrons. The van der Waals surface area contributed by atoms with E-state index in [1.54, 1.807) is 12.4 Å². The van der Waals surface area contributed by atoms with Gasteiger partial charge in [-0.2, -0.15) is 0 Å². The molecule has 6 nitrogen and oxygen atoms in total. The third-order valence-corrected chi connectivity index (χ3v) is 3.89. The molecule has 0 unspecified atom stereocenters. The number of hydrogen-bond acceptors (Lipinski definition) is 4. The van der Waals surface area contributed by atoms with Crippen molar-refractivity contribution in [3.8, 4) is 0 Å². The zero-order valence-corrected chi connectivity index (χ0v) is 15.1. The van der Waals surface area contributed by atoms with Crippen molar-refractivity contribution in [1.29, 1.82) is 0 Å². The Morgan fingerprint density at radius 2 is 1.88 bits per heavy atom. The number of carbonyl (C=O) groups excluding carboxylic acids is 1. The van der Waals surface area contributed by atoms with Crippen LogP contribution in [-0.2, 0) is 16.1 Å². The van der Waals surface area contributed by atoms with E-state index in [0.29, 0.717) is 13.0 Å². The lowest BCUT2D eigenvalue weighted by molar-refractivity contribution is -0.142. The van der Waals surface area contributed by atoms with Gasteiger partial charge in [-0.05, 0) is 36.1 Å². The number of anilines is 1. The molecule has 0 bridgehead atoms. The van der Waals surface area contributed by atoms with Crippen molar-refractivity contribution in [3.63, 3.8) is 0 Å². The van der Waals surface area contributed by atoms with Crippen LogP contribution in [0.5, 0.6) is 0 Å². The lowest BCUT2D eigenvalue weighted by atomic mass is 10.0. The van der Waals surface area contributed by atoms with Crippen molar-refractivity contribution in [2.45, 2.75) is 32.9 Å². The summed E-state index contributed by atoms with van der Waals surface area (Å²) in [7, 11) is 0. The van der Waals surface area contributed by atoms with Gasteiger partial charge in [0.1, 0.15) is 6.04 Å². The minimum absolute atomic E-state index is 0.0702. The summed E-state index contributed by atoms with van der Waals surface area (Å²) in [6, 6.07) is 12.5. The van der Waals surface area contributed by atoms with E-state index in [1.807, 2.05) is 61.2 Å². The minimum Gasteiger partial charge on any atom is -0.480 e. The highest BCUT2D eigenvalue weighted by Crippen LogP contribution is 2.16. The number of carboxylic acid groups (broad SMARTS) is 1. The summed E-state index contributed by atoms with van der Waals surface area (Å²) in [5.74, 6) is -1.15. The van der Waals surface area contributed by atoms with Crippen molar-refractivity contribution in [2.75, 3.05) is 11.4 Å². The molecule has 0 saturated heterocycles. The van der Waals surface area contributed by atoms with E-state index < -0.39 is 12.0 Å². The van der Waals surface area contributed by atoms with Gasteiger partial charge in [-0.15, -0.1) is 0 Å². The van der Waals surface area contributed by atoms with E-state index >= 15 is 0 Å². The Labute approximate surface area is 153 Å². The fraction of sp³-hybridized carbons (Fsp3) is 0.350. The first-order chi connectivity index (χ1) is 12.5. The topological polar surface area (TPSA) is 82.5 Å². The standard InChI is InChI=1S/C20H25N3O3/c1-15(2)11-18(20(25)26)22-19(24)14-23(17-8-4-3-5-9-17)13-16-7-6-10-21-12-16/h3-10,12,15,18H,11,13-14H2,1-2H3,(H,22,24)(H,25,26)/t18-/m1/s1. The number of hydrogen-bond donors (Lipinski definition) is 2. The predicted octanol–water partition coefficient (Wildman–Crippen LogP) is 2.70. The van der Waals surface area contributed by atoms with Gasteiger partial charge in [0.25, 0.3) is 0 Å². The van der Waals surface area contributed by atoms with E-state index in [-0.39, 0.29) is 18.4 Å². The molecule has 2 N–H and O–H groups in total. The van der Waals surface area contributed by atoms with Crippen LogP contribution < -0.4 is 10.2 Å². The lowest BCUT2D eigenvalue weighted by Crippen LogP contribution is -2.46. The number of benzene rings is 1. The Hall–Kier alpha value is -2.89. The van der Waals surface area contributed by atoms with Crippen molar-refractivity contribution < 1.29 is 14.7 Å². The lowest BCUT2D eigenvalue weighted by Gasteiger charge is -2.25. The van der Waals surface area contributed by atoms with Crippen molar-refractivity contribution in [2.24, 2.45) is 5.92 Å². The second-order valence-electron chi connectivity index (χ2n) is 6.64. The zero-order valence-electron chi connectivity index (χ0n) is 15.1. The van der Waals surface area contributed by atoms with Gasteiger partial charge < -0.3 is 15.3 Å². The number of carboxylic acids is 1. The highest BCUT2D eigenvalue weighted by atomic mass is 16.4. The molecule has 1 aromatic heterocycles. The van der Waals surface area contributed by atoms with Crippen molar-refractivity contribution in [1.82, 2.24) is 10.3 Å². The third kappa shape index (κ3) is 6.20. The molecule has 1 heterocycles. The highest BCUT2D eigenvalue weighted by molar-refractivity contribution is 5.86. The molecular formula is C20H25N3O3. The SMILES string of the molecule is CC(C)C[C@@H](NC(=O)CN(Cc1cccnc1)c1ccccc1)C(=O)O. The van der Waals surface area contributed by atoms with Crippen LogP contribution >= 0.6 is 0 Å². The maximum Gasteiger partial charge on any atom is 0.326 e. The van der Waals surface area contributed by atoms with Crippen molar-refractivity contribution >= 4 is 17.6 Å². The number of amides is 1. The van der Waals surface area contributed by atoms with E-state index in [0.717, 1.165) is 11.3 Å². The Balaban J connectivity index is 2.10. The van der Waals surface area contributed by atoms with Crippen LogP contribution in [0.25, 0.3) is 0 Å². The number of pyridine rings is 1. The third-order valence-electron chi connectivity index (χ3n) is 3.89. The first-order valence-electron chi connectivity index (χ1n) is 8.66. The van der Waals surface area contributed by atoms with Crippen LogP contribution in [0.15, 0.2) is 54.9 Å². The van der Waals surface area contributed by atoms with Crippen LogP contribution in [-0.4, -0.2) is 34.6 Å². The van der Waals surface area contributed by atoms with Gasteiger partial charge in [-0.1, -0.05) is 38.1 Å². The van der Waals surface area contributed by atoms with E-state index in [1.165, 1.54) is 0 Å². The maximum absolute atomic E-state index is 12.5. The van der Waals surface area contributed by atoms with Crippen LogP contribution in [0.3, 0.4) is 0 Å². The normalized spacial score (nSPS) is 11.8. The van der Waals surface area contributed by atoms with Crippen LogP contribution in [0.1, 0.15) is 25.8 Å². The molecule has 1 amide bonds. The second-order valence-corrected chi connectivity index (χ2v) is 6.64. The summed E-state index contributed by atoms with van der Waals surface area (Å²) in [6.45, 7) is 4.44. The summed E-state index contributed by atoms with van der Waals surface area (Å²) >= 11 is 0. The molecule has 6 heteroatoms. The summed E-state index contributed by atoms with van der Waals surface area (Å²) < 4.78 is 0. The minimum atomic E-state index is -1.01. The fourth-order valence-electron chi connectivity index (χ4n) is 2.70. The molecule has 1 aromatic carbocycles. The van der Waals surface area contributed by atoms with Crippen molar-refractivity contribution in [3.05, 3.63) is 60.4 Å². The number of rotatable bonds is 9. The summed E-state index contributed by atoms with van der Waals surface area (Å²) in [4.78, 5) is 29.9. The summed E-state index contributed by atoms with van der Waals surface area (Å²) in [5.41, 5.74) is 1.86. The highest BCUT2D eigenvalue weighted by Gasteiger charge is 2.22. The number of para-hydroxylation sites is 1. The molecule has 26 heavy (non-hydrogen) atoms. The average molecular weight is 355 g/mol. The monoisotopic (exact) mass is 355 g/mol. The number of nitrogens with zero attached hydrogens (tertiary/aromatic N) is 2. The molecule has 0 spiro atoms. The molecule has 0 fully saturated rings. The van der Waals surface area contributed by atoms with Crippen LogP contribution in [0, 0.1) is 5.92 Å². The number of aliphatic carboxylic acids is 1. The molecule has 2 aromatic rings. The smallest absolute Gasteiger partial charge is 0.326 e. The molecule has 0 aliphatic carbocycles. The van der Waals surface area contributed by atoms with E-state index in [9.17, 15) is 14.7 Å². The molecule has 2 rings (SSSR count). The zero-order chi connectivity index (χ0) is 18.9. The van der Waals surface area contributed by atoms with Gasteiger partial charge in [0, 0.05) is 24.6 Å². The molecule has 0 saturated carbocycles. The van der Waals surface area contributed by atoms with Crippen LogP contribution in [0.2, 0.25) is 0 Å². The Bertz CT molecular complexity index is 705. The van der Waals surface area contributed by atoms with Gasteiger partial charge in [-0.3, -0.25) is 9.78 Å². The van der Waals surface area contributed by atoms with E-state index in [4.69, 9.17) is 0 Å². The Morgan fingerprint density at radius 3 is 2.46 bits per heavy atom. The number of aromatic nitrogens is 1. The first-order valence-corrected chi connectivity index (χ1v) is 8.66. The van der Waals surface area contributed by atoms with E-state index in [2.05, 4.69) is 10.3 Å². The maximum atomic E-state index is 12.5. The average Bonchev–Trinajstić information content (AvgIpc) is 2.62. The molecule has 1 atom stereocenters. The van der Waals surface area contributed by atoms with Gasteiger partial charge >= 0.3 is 5.97 Å². The summed E-state index contributed by atoms with van der Waals surface area (Å²) in [6.07, 6.45) is 3.86. The van der Waals surface area contributed by atoms with Crippen LogP contribution in [0.4, 0.5) is 5.69 Å². The first kappa shape index (κ1) is 19.4. The quantitative estimate of drug-likeness (QED) is 0.723. The van der Waals surface area contributed by atoms with Gasteiger partial charge in [0.05, 0.1) is 6.54 Å². The predicted molar refractivity (Wildman–Crippen MR) is 101 cm³/mol. The van der Waals surface area contributed by atoms with Gasteiger partial charge in [0.2, 0.25) is 5.91 Å².